The summed E-state index contributed by atoms with van der Waals surface area (Å²) in [7, 11) is 0. The van der Waals surface area contributed by atoms with Crippen LogP contribution >= 0.6 is 11.8 Å². The van der Waals surface area contributed by atoms with E-state index >= 15 is 0 Å². The highest BCUT2D eigenvalue weighted by Crippen LogP contribution is 2.30. The first-order valence-electron chi connectivity index (χ1n) is 7.45. The molecule has 1 atom stereocenters. The normalized spacial score (nSPS) is 21.9. The molecular weight excluding hydrogens is 268 g/mol. The second kappa shape index (κ2) is 6.19. The molecular formula is C16H22N2OS. The third-order valence-electron chi connectivity index (χ3n) is 4.14. The Morgan fingerprint density at radius 2 is 2.05 bits per heavy atom. The van der Waals surface area contributed by atoms with E-state index in [0.29, 0.717) is 11.9 Å². The fourth-order valence-electron chi connectivity index (χ4n) is 2.80. The van der Waals surface area contributed by atoms with Crippen molar-refractivity contribution in [1.82, 2.24) is 10.2 Å². The molecule has 1 N–H and O–H groups in total. The molecule has 0 aromatic heterocycles. The molecule has 2 aliphatic rings. The van der Waals surface area contributed by atoms with Crippen LogP contribution in [0.3, 0.4) is 0 Å². The number of nitrogens with zero attached hydrogens (tertiary/aromatic N) is 1. The van der Waals surface area contributed by atoms with Crippen molar-refractivity contribution in [3.8, 4) is 0 Å². The van der Waals surface area contributed by atoms with Crippen molar-refractivity contribution in [3.63, 3.8) is 0 Å². The zero-order valence-electron chi connectivity index (χ0n) is 12.0. The van der Waals surface area contributed by atoms with Gasteiger partial charge in [-0.1, -0.05) is 12.1 Å². The van der Waals surface area contributed by atoms with Crippen molar-refractivity contribution in [2.24, 2.45) is 0 Å². The van der Waals surface area contributed by atoms with Gasteiger partial charge in [-0.25, -0.2) is 0 Å². The van der Waals surface area contributed by atoms with Crippen LogP contribution in [-0.4, -0.2) is 35.7 Å². The number of hydrogen-bond acceptors (Lipinski definition) is 3. The lowest BCUT2D eigenvalue weighted by molar-refractivity contribution is -0.134. The second-order valence-electron chi connectivity index (χ2n) is 5.69. The average Bonchev–Trinajstić information content (AvgIpc) is 3.18. The van der Waals surface area contributed by atoms with Crippen LogP contribution in [-0.2, 0) is 11.3 Å². The van der Waals surface area contributed by atoms with Gasteiger partial charge in [-0.2, -0.15) is 0 Å². The molecule has 3 rings (SSSR count). The molecule has 1 saturated heterocycles. The van der Waals surface area contributed by atoms with Crippen LogP contribution in [0.5, 0.6) is 0 Å². The fraction of sp³-hybridized carbons (Fsp3) is 0.562. The van der Waals surface area contributed by atoms with Gasteiger partial charge in [0.15, 0.2) is 0 Å². The predicted molar refractivity (Wildman–Crippen MR) is 82.8 cm³/mol. The molecule has 1 heterocycles. The highest BCUT2D eigenvalue weighted by molar-refractivity contribution is 7.98. The molecule has 0 unspecified atom stereocenters. The van der Waals surface area contributed by atoms with Crippen molar-refractivity contribution in [2.45, 2.75) is 49.2 Å². The van der Waals surface area contributed by atoms with E-state index < -0.39 is 0 Å². The molecule has 20 heavy (non-hydrogen) atoms. The number of carbonyl (C=O) groups is 1. The number of benzene rings is 1. The molecule has 1 aromatic carbocycles. The Balaban J connectivity index is 1.68. The van der Waals surface area contributed by atoms with E-state index in [9.17, 15) is 4.79 Å². The molecule has 1 aliphatic carbocycles. The lowest BCUT2D eigenvalue weighted by Crippen LogP contribution is -2.44. The summed E-state index contributed by atoms with van der Waals surface area (Å²) in [6.45, 7) is 1.74. The van der Waals surface area contributed by atoms with Crippen LogP contribution < -0.4 is 5.32 Å². The molecule has 0 radical (unpaired) electrons. The Morgan fingerprint density at radius 3 is 2.60 bits per heavy atom. The van der Waals surface area contributed by atoms with Crippen LogP contribution in [0.25, 0.3) is 0 Å². The quantitative estimate of drug-likeness (QED) is 0.846. The first kappa shape index (κ1) is 14.0. The van der Waals surface area contributed by atoms with Crippen molar-refractivity contribution in [3.05, 3.63) is 29.8 Å². The van der Waals surface area contributed by atoms with E-state index in [0.717, 1.165) is 25.9 Å². The van der Waals surface area contributed by atoms with Gasteiger partial charge in [-0.05, 0) is 56.2 Å². The van der Waals surface area contributed by atoms with E-state index in [1.54, 1.807) is 11.8 Å². The number of thioether (sulfide) groups is 1. The van der Waals surface area contributed by atoms with E-state index in [1.165, 1.54) is 23.3 Å². The molecule has 0 bridgehead atoms. The highest BCUT2D eigenvalue weighted by atomic mass is 32.2. The minimum atomic E-state index is 0.0565. The lowest BCUT2D eigenvalue weighted by Gasteiger charge is -2.26. The van der Waals surface area contributed by atoms with E-state index in [-0.39, 0.29) is 6.04 Å². The largest absolute Gasteiger partial charge is 0.334 e. The molecule has 0 spiro atoms. The zero-order valence-corrected chi connectivity index (χ0v) is 12.8. The van der Waals surface area contributed by atoms with Crippen LogP contribution in [0, 0.1) is 0 Å². The van der Waals surface area contributed by atoms with Gasteiger partial charge in [0.2, 0.25) is 5.91 Å². The summed E-state index contributed by atoms with van der Waals surface area (Å²) in [6, 6.07) is 9.12. The summed E-state index contributed by atoms with van der Waals surface area (Å²) in [5.74, 6) is 0.305. The Labute approximate surface area is 125 Å². The minimum Gasteiger partial charge on any atom is -0.334 e. The van der Waals surface area contributed by atoms with Gasteiger partial charge < -0.3 is 10.2 Å². The summed E-state index contributed by atoms with van der Waals surface area (Å²) in [4.78, 5) is 16.0. The number of carbonyl (C=O) groups excluding carboxylic acids is 1. The van der Waals surface area contributed by atoms with Crippen LogP contribution in [0.1, 0.15) is 31.2 Å². The van der Waals surface area contributed by atoms with E-state index in [4.69, 9.17) is 0 Å². The maximum atomic E-state index is 12.6. The van der Waals surface area contributed by atoms with Gasteiger partial charge in [0.25, 0.3) is 0 Å². The Morgan fingerprint density at radius 1 is 1.30 bits per heavy atom. The summed E-state index contributed by atoms with van der Waals surface area (Å²) in [5.41, 5.74) is 1.24. The van der Waals surface area contributed by atoms with Crippen LogP contribution in [0.4, 0.5) is 0 Å². The molecule has 2 fully saturated rings. The van der Waals surface area contributed by atoms with Gasteiger partial charge >= 0.3 is 0 Å². The van der Waals surface area contributed by atoms with Gasteiger partial charge in [-0.3, -0.25) is 4.79 Å². The van der Waals surface area contributed by atoms with Crippen molar-refractivity contribution in [1.29, 1.82) is 0 Å². The monoisotopic (exact) mass is 290 g/mol. The SMILES string of the molecule is CSc1ccc(CN(C(=O)[C@@H]2CCCN2)C2CC2)cc1. The summed E-state index contributed by atoms with van der Waals surface area (Å²) >= 11 is 1.75. The number of nitrogens with one attached hydrogen (secondary N) is 1. The second-order valence-corrected chi connectivity index (χ2v) is 6.57. The summed E-state index contributed by atoms with van der Waals surface area (Å²) < 4.78 is 0. The van der Waals surface area contributed by atoms with Gasteiger partial charge in [-0.15, -0.1) is 11.8 Å². The molecule has 1 aromatic rings. The molecule has 1 aliphatic heterocycles. The Kier molecular flexibility index (Phi) is 4.32. The number of rotatable bonds is 5. The minimum absolute atomic E-state index is 0.0565. The van der Waals surface area contributed by atoms with Crippen molar-refractivity contribution >= 4 is 17.7 Å². The van der Waals surface area contributed by atoms with Gasteiger partial charge in [0.05, 0.1) is 6.04 Å². The fourth-order valence-corrected chi connectivity index (χ4v) is 3.20. The third kappa shape index (κ3) is 3.18. The first-order valence-corrected chi connectivity index (χ1v) is 8.67. The van der Waals surface area contributed by atoms with Crippen molar-refractivity contribution in [2.75, 3.05) is 12.8 Å². The van der Waals surface area contributed by atoms with Crippen LogP contribution in [0.15, 0.2) is 29.2 Å². The average molecular weight is 290 g/mol. The van der Waals surface area contributed by atoms with E-state index in [2.05, 4.69) is 40.7 Å². The number of hydrogen-bond donors (Lipinski definition) is 1. The maximum Gasteiger partial charge on any atom is 0.240 e. The summed E-state index contributed by atoms with van der Waals surface area (Å²) in [6.07, 6.45) is 6.54. The van der Waals surface area contributed by atoms with Gasteiger partial charge in [0.1, 0.15) is 0 Å². The Bertz CT molecular complexity index is 464. The zero-order chi connectivity index (χ0) is 13.9. The molecule has 4 heteroatoms. The standard InChI is InChI=1S/C16H22N2OS/c1-20-14-8-4-12(5-9-14)11-18(13-6-7-13)16(19)15-3-2-10-17-15/h4-5,8-9,13,15,17H,2-3,6-7,10-11H2,1H3/t15-/m0/s1. The summed E-state index contributed by atoms with van der Waals surface area (Å²) in [5, 5.41) is 3.33. The molecule has 1 amide bonds. The molecule has 3 nitrogen and oxygen atoms in total. The highest BCUT2D eigenvalue weighted by Gasteiger charge is 2.36. The predicted octanol–water partition coefficient (Wildman–Crippen LogP) is 2.65. The van der Waals surface area contributed by atoms with Crippen LogP contribution in [0.2, 0.25) is 0 Å². The lowest BCUT2D eigenvalue weighted by atomic mass is 10.1. The molecule has 1 saturated carbocycles. The third-order valence-corrected chi connectivity index (χ3v) is 4.88. The smallest absolute Gasteiger partial charge is 0.240 e. The van der Waals surface area contributed by atoms with E-state index in [1.807, 2.05) is 0 Å². The maximum absolute atomic E-state index is 12.6. The topological polar surface area (TPSA) is 32.3 Å². The first-order chi connectivity index (χ1) is 9.78. The van der Waals surface area contributed by atoms with Crippen molar-refractivity contribution < 1.29 is 4.79 Å². The molecule has 108 valence electrons. The Hall–Kier alpha value is -1.00. The number of amides is 1. The van der Waals surface area contributed by atoms with Gasteiger partial charge in [0, 0.05) is 17.5 Å².